The Balaban J connectivity index is 1.62. The van der Waals surface area contributed by atoms with Crippen molar-refractivity contribution >= 4 is 35.0 Å². The summed E-state index contributed by atoms with van der Waals surface area (Å²) in [5.41, 5.74) is 0.0342. The van der Waals surface area contributed by atoms with Gasteiger partial charge in [-0.05, 0) is 30.3 Å². The van der Waals surface area contributed by atoms with Crippen LogP contribution in [0.3, 0.4) is 0 Å². The minimum absolute atomic E-state index is 0.350. The molecule has 1 aliphatic heterocycles. The molecule has 1 aromatic heterocycles. The SMILES string of the molecule is OCC1O[C@H](Sc2ccc(Cl)c(Cl)c2)[C@@H](O)C(n2cc(-c3cccc(F)c3)nn2)[C@H]1O. The highest BCUT2D eigenvalue weighted by Gasteiger charge is 2.46. The molecule has 1 saturated heterocycles. The van der Waals surface area contributed by atoms with Crippen LogP contribution >= 0.6 is 35.0 Å². The third kappa shape index (κ3) is 4.73. The van der Waals surface area contributed by atoms with Crippen molar-refractivity contribution < 1.29 is 24.4 Å². The maximum absolute atomic E-state index is 13.5. The van der Waals surface area contributed by atoms with Crippen LogP contribution in [0.15, 0.2) is 53.6 Å². The van der Waals surface area contributed by atoms with Crippen LogP contribution in [0.5, 0.6) is 0 Å². The Kier molecular flexibility index (Phi) is 6.83. The monoisotopic (exact) mass is 485 g/mol. The molecule has 2 aromatic carbocycles. The highest BCUT2D eigenvalue weighted by Crippen LogP contribution is 2.39. The molecule has 5 atom stereocenters. The molecule has 2 unspecified atom stereocenters. The Morgan fingerprint density at radius 3 is 2.61 bits per heavy atom. The normalized spacial score (nSPS) is 26.2. The van der Waals surface area contributed by atoms with E-state index in [0.29, 0.717) is 26.2 Å². The van der Waals surface area contributed by atoms with Gasteiger partial charge in [0.15, 0.2) is 0 Å². The van der Waals surface area contributed by atoms with Gasteiger partial charge in [-0.1, -0.05) is 52.3 Å². The number of thioether (sulfide) groups is 1. The minimum Gasteiger partial charge on any atom is -0.394 e. The molecule has 3 N–H and O–H groups in total. The van der Waals surface area contributed by atoms with Gasteiger partial charge in [-0.15, -0.1) is 5.10 Å². The van der Waals surface area contributed by atoms with E-state index < -0.39 is 42.2 Å². The van der Waals surface area contributed by atoms with Gasteiger partial charge in [-0.2, -0.15) is 0 Å². The van der Waals surface area contributed by atoms with Crippen LogP contribution in [-0.2, 0) is 4.74 Å². The first-order valence-electron chi connectivity index (χ1n) is 9.29. The lowest BCUT2D eigenvalue weighted by atomic mass is 9.97. The molecule has 1 aliphatic rings. The summed E-state index contributed by atoms with van der Waals surface area (Å²) >= 11 is 13.2. The zero-order chi connectivity index (χ0) is 22.1. The molecule has 0 amide bonds. The second-order valence-electron chi connectivity index (χ2n) is 6.99. The van der Waals surface area contributed by atoms with E-state index in [2.05, 4.69) is 10.3 Å². The molecule has 0 spiro atoms. The van der Waals surface area contributed by atoms with Crippen molar-refractivity contribution in [2.75, 3.05) is 6.61 Å². The Labute approximate surface area is 191 Å². The number of aliphatic hydroxyl groups is 3. The van der Waals surface area contributed by atoms with Crippen LogP contribution in [0.25, 0.3) is 11.3 Å². The predicted molar refractivity (Wildman–Crippen MR) is 115 cm³/mol. The highest BCUT2D eigenvalue weighted by molar-refractivity contribution is 7.99. The van der Waals surface area contributed by atoms with Gasteiger partial charge < -0.3 is 20.1 Å². The van der Waals surface area contributed by atoms with Gasteiger partial charge in [0.2, 0.25) is 0 Å². The number of aliphatic hydroxyl groups excluding tert-OH is 3. The smallest absolute Gasteiger partial charge is 0.136 e. The lowest BCUT2D eigenvalue weighted by Crippen LogP contribution is -2.55. The van der Waals surface area contributed by atoms with Crippen molar-refractivity contribution in [2.24, 2.45) is 0 Å². The highest BCUT2D eigenvalue weighted by atomic mass is 35.5. The fourth-order valence-corrected chi connectivity index (χ4v) is 4.83. The average molecular weight is 486 g/mol. The standard InChI is InChI=1S/C20H18Cl2FN3O4S/c21-13-5-4-12(7-14(13)22)31-20-19(29)17(18(28)16(9-27)30-20)26-8-15(24-25-26)10-2-1-3-11(23)6-10/h1-8,16-20,27-29H,9H2/t16?,17?,18-,19-,20+/m0/s1. The van der Waals surface area contributed by atoms with E-state index in [1.807, 2.05) is 0 Å². The number of halogens is 3. The van der Waals surface area contributed by atoms with E-state index in [0.717, 1.165) is 0 Å². The summed E-state index contributed by atoms with van der Waals surface area (Å²) in [5.74, 6) is -0.420. The zero-order valence-electron chi connectivity index (χ0n) is 15.8. The Morgan fingerprint density at radius 1 is 1.10 bits per heavy atom. The molecule has 164 valence electrons. The molecule has 11 heteroatoms. The van der Waals surface area contributed by atoms with Crippen molar-refractivity contribution in [2.45, 2.75) is 34.7 Å². The molecule has 0 bridgehead atoms. The van der Waals surface area contributed by atoms with Crippen molar-refractivity contribution in [3.8, 4) is 11.3 Å². The summed E-state index contributed by atoms with van der Waals surface area (Å²) in [7, 11) is 0. The van der Waals surface area contributed by atoms with E-state index in [4.69, 9.17) is 27.9 Å². The van der Waals surface area contributed by atoms with E-state index in [9.17, 15) is 19.7 Å². The van der Waals surface area contributed by atoms with Crippen LogP contribution in [0.1, 0.15) is 6.04 Å². The van der Waals surface area contributed by atoms with Crippen LogP contribution in [0.4, 0.5) is 4.39 Å². The van der Waals surface area contributed by atoms with E-state index in [1.165, 1.54) is 34.8 Å². The number of nitrogens with zero attached hydrogens (tertiary/aromatic N) is 3. The summed E-state index contributed by atoms with van der Waals surface area (Å²) in [6, 6.07) is 9.88. The Hall–Kier alpha value is -1.72. The summed E-state index contributed by atoms with van der Waals surface area (Å²) in [6.07, 6.45) is -1.92. The van der Waals surface area contributed by atoms with E-state index >= 15 is 0 Å². The molecule has 2 heterocycles. The first kappa shape index (κ1) is 22.5. The summed E-state index contributed by atoms with van der Waals surface area (Å²) < 4.78 is 20.6. The molecule has 4 rings (SSSR count). The maximum atomic E-state index is 13.5. The average Bonchev–Trinajstić information content (AvgIpc) is 3.22. The predicted octanol–water partition coefficient (Wildman–Crippen LogP) is 3.16. The molecular weight excluding hydrogens is 468 g/mol. The summed E-state index contributed by atoms with van der Waals surface area (Å²) in [5, 5.41) is 40.2. The molecule has 3 aromatic rings. The third-order valence-electron chi connectivity index (χ3n) is 4.93. The fourth-order valence-electron chi connectivity index (χ4n) is 3.36. The molecule has 0 aliphatic carbocycles. The number of aromatic nitrogens is 3. The molecule has 7 nitrogen and oxygen atoms in total. The van der Waals surface area contributed by atoms with Crippen LogP contribution in [0.2, 0.25) is 10.0 Å². The van der Waals surface area contributed by atoms with Gasteiger partial charge in [0, 0.05) is 10.5 Å². The molecular formula is C20H18Cl2FN3O4S. The number of rotatable bonds is 5. The van der Waals surface area contributed by atoms with Gasteiger partial charge in [0.05, 0.1) is 22.8 Å². The second-order valence-corrected chi connectivity index (χ2v) is 8.97. The van der Waals surface area contributed by atoms with Gasteiger partial charge in [-0.25, -0.2) is 9.07 Å². The lowest BCUT2D eigenvalue weighted by Gasteiger charge is -2.41. The van der Waals surface area contributed by atoms with Crippen molar-refractivity contribution in [3.05, 3.63) is 64.5 Å². The number of hydrogen-bond donors (Lipinski definition) is 3. The van der Waals surface area contributed by atoms with E-state index in [1.54, 1.807) is 30.3 Å². The summed E-state index contributed by atoms with van der Waals surface area (Å²) in [6.45, 7) is -0.464. The van der Waals surface area contributed by atoms with Gasteiger partial charge in [0.1, 0.15) is 41.3 Å². The molecule has 0 radical (unpaired) electrons. The van der Waals surface area contributed by atoms with Crippen molar-refractivity contribution in [1.82, 2.24) is 15.0 Å². The maximum Gasteiger partial charge on any atom is 0.136 e. The Morgan fingerprint density at radius 2 is 1.90 bits per heavy atom. The first-order chi connectivity index (χ1) is 14.9. The van der Waals surface area contributed by atoms with Crippen molar-refractivity contribution in [3.63, 3.8) is 0 Å². The fraction of sp³-hybridized carbons (Fsp3) is 0.300. The van der Waals surface area contributed by atoms with E-state index in [-0.39, 0.29) is 0 Å². The largest absolute Gasteiger partial charge is 0.394 e. The second kappa shape index (κ2) is 9.41. The third-order valence-corrected chi connectivity index (χ3v) is 6.82. The number of ether oxygens (including phenoxy) is 1. The van der Waals surface area contributed by atoms with Gasteiger partial charge in [-0.3, -0.25) is 0 Å². The number of benzene rings is 2. The lowest BCUT2D eigenvalue weighted by molar-refractivity contribution is -0.178. The number of hydrogen-bond acceptors (Lipinski definition) is 7. The minimum atomic E-state index is -1.26. The molecule has 31 heavy (non-hydrogen) atoms. The van der Waals surface area contributed by atoms with Crippen molar-refractivity contribution in [1.29, 1.82) is 0 Å². The first-order valence-corrected chi connectivity index (χ1v) is 10.9. The molecule has 1 fully saturated rings. The van der Waals surface area contributed by atoms with Crippen LogP contribution in [-0.4, -0.2) is 60.7 Å². The zero-order valence-corrected chi connectivity index (χ0v) is 18.2. The van der Waals surface area contributed by atoms with Gasteiger partial charge >= 0.3 is 0 Å². The Bertz CT molecular complexity index is 1070. The molecule has 0 saturated carbocycles. The van der Waals surface area contributed by atoms with Crippen LogP contribution < -0.4 is 0 Å². The van der Waals surface area contributed by atoms with Gasteiger partial charge in [0.25, 0.3) is 0 Å². The quantitative estimate of drug-likeness (QED) is 0.510. The topological polar surface area (TPSA) is 101 Å². The van der Waals surface area contributed by atoms with Crippen LogP contribution in [0, 0.1) is 5.82 Å². The summed E-state index contributed by atoms with van der Waals surface area (Å²) in [4.78, 5) is 0.685.